The number of benzene rings is 2. The molecular formula is C26H30F2N4O3. The smallest absolute Gasteiger partial charge is 0.252 e. The fourth-order valence-corrected chi connectivity index (χ4v) is 4.75. The predicted octanol–water partition coefficient (Wildman–Crippen LogP) is 6.20. The Morgan fingerprint density at radius 2 is 2.00 bits per heavy atom. The van der Waals surface area contributed by atoms with E-state index in [-0.39, 0.29) is 35.0 Å². The number of nitrogens with zero attached hydrogens (tertiary/aromatic N) is 4. The second kappa shape index (κ2) is 11.4. The summed E-state index contributed by atoms with van der Waals surface area (Å²) in [6.07, 6.45) is 2.43. The number of rotatable bonds is 8. The summed E-state index contributed by atoms with van der Waals surface area (Å²) in [7, 11) is 1.35. The van der Waals surface area contributed by atoms with Crippen LogP contribution in [0.2, 0.25) is 0 Å². The maximum atomic E-state index is 15.8. The summed E-state index contributed by atoms with van der Waals surface area (Å²) in [4.78, 5) is 30.1. The van der Waals surface area contributed by atoms with Gasteiger partial charge in [0.2, 0.25) is 0 Å². The maximum Gasteiger partial charge on any atom is 0.252 e. The number of Topliss-reactive ketones (excluding diaryl/α,β-unsaturated/α-hetero) is 1. The van der Waals surface area contributed by atoms with Gasteiger partial charge in [-0.2, -0.15) is 0 Å². The summed E-state index contributed by atoms with van der Waals surface area (Å²) in [5.41, 5.74) is 7.80. The van der Waals surface area contributed by atoms with Crippen molar-refractivity contribution in [1.82, 2.24) is 4.90 Å². The normalized spacial score (nSPS) is 18.1. The van der Waals surface area contributed by atoms with Crippen LogP contribution in [-0.4, -0.2) is 42.5 Å². The molecule has 1 heterocycles. The monoisotopic (exact) mass is 484 g/mol. The largest absolute Gasteiger partial charge is 0.496 e. The molecule has 0 aliphatic carbocycles. The van der Waals surface area contributed by atoms with Crippen molar-refractivity contribution in [3.8, 4) is 5.75 Å². The summed E-state index contributed by atoms with van der Waals surface area (Å²) in [6.45, 7) is 5.11. The highest BCUT2D eigenvalue weighted by Crippen LogP contribution is 2.34. The number of aryl methyl sites for hydroxylation is 1. The number of azide groups is 1. The van der Waals surface area contributed by atoms with E-state index >= 15 is 4.39 Å². The predicted molar refractivity (Wildman–Crippen MR) is 129 cm³/mol. The van der Waals surface area contributed by atoms with Gasteiger partial charge in [0, 0.05) is 17.0 Å². The third-order valence-corrected chi connectivity index (χ3v) is 6.54. The molecule has 0 spiro atoms. The lowest BCUT2D eigenvalue weighted by atomic mass is 9.82. The van der Waals surface area contributed by atoms with Crippen LogP contribution < -0.4 is 4.74 Å². The molecule has 1 saturated heterocycles. The quantitative estimate of drug-likeness (QED) is 0.193. The zero-order chi connectivity index (χ0) is 25.6. The third-order valence-electron chi connectivity index (χ3n) is 6.54. The average Bonchev–Trinajstić information content (AvgIpc) is 3.03. The number of halogens is 2. The highest BCUT2D eigenvalue weighted by Gasteiger charge is 2.38. The number of hydrogen-bond acceptors (Lipinski definition) is 4. The molecule has 1 aliphatic rings. The molecule has 0 radical (unpaired) electrons. The molecule has 0 N–H and O–H groups in total. The highest BCUT2D eigenvalue weighted by atomic mass is 19.1. The van der Waals surface area contributed by atoms with Gasteiger partial charge in [-0.3, -0.25) is 14.5 Å². The van der Waals surface area contributed by atoms with Crippen LogP contribution in [0, 0.1) is 18.7 Å². The SMILES string of the molecule is COc1cc(C)c(C(=O)C(C)(F)CC2CCCN(Cc3cccc(F)c3)CC2)cc1C(=O)N=[N+]=[N-]. The van der Waals surface area contributed by atoms with E-state index in [4.69, 9.17) is 10.3 Å². The summed E-state index contributed by atoms with van der Waals surface area (Å²) < 4.78 is 34.5. The van der Waals surface area contributed by atoms with Gasteiger partial charge in [-0.05, 0) is 105 Å². The Morgan fingerprint density at radius 3 is 2.69 bits per heavy atom. The molecule has 7 nitrogen and oxygen atoms in total. The second-order valence-electron chi connectivity index (χ2n) is 9.30. The van der Waals surface area contributed by atoms with Crippen molar-refractivity contribution < 1.29 is 23.1 Å². The van der Waals surface area contributed by atoms with Crippen LogP contribution in [0.3, 0.4) is 0 Å². The van der Waals surface area contributed by atoms with Crippen molar-refractivity contribution in [2.45, 2.75) is 51.7 Å². The molecule has 3 rings (SSSR count). The van der Waals surface area contributed by atoms with Crippen molar-refractivity contribution in [2.75, 3.05) is 20.2 Å². The van der Waals surface area contributed by atoms with Crippen LogP contribution in [0.1, 0.15) is 64.4 Å². The molecule has 1 amide bonds. The van der Waals surface area contributed by atoms with Gasteiger partial charge in [-0.15, -0.1) is 0 Å². The van der Waals surface area contributed by atoms with E-state index < -0.39 is 17.4 Å². The van der Waals surface area contributed by atoms with Crippen molar-refractivity contribution in [3.63, 3.8) is 0 Å². The fourth-order valence-electron chi connectivity index (χ4n) is 4.75. The van der Waals surface area contributed by atoms with E-state index in [2.05, 4.69) is 14.9 Å². The standard InChI is InChI=1S/C26H30F2N4O3/c1-17-12-23(35-3)22(25(34)30-31-29)14-21(17)24(33)26(2,28)15-18-7-5-10-32(11-9-18)16-19-6-4-8-20(27)13-19/h4,6,8,12-14,18H,5,7,9-11,15-16H2,1-3H3. The first-order chi connectivity index (χ1) is 16.6. The number of ketones is 1. The molecule has 2 aromatic carbocycles. The number of hydrogen-bond donors (Lipinski definition) is 0. The number of methoxy groups -OCH3 is 1. The summed E-state index contributed by atoms with van der Waals surface area (Å²) in [5.74, 6) is -1.72. The van der Waals surface area contributed by atoms with Crippen LogP contribution in [-0.2, 0) is 6.54 Å². The number of ether oxygens (including phenoxy) is 1. The molecule has 2 atom stereocenters. The van der Waals surface area contributed by atoms with E-state index in [0.29, 0.717) is 12.1 Å². The van der Waals surface area contributed by atoms with Gasteiger partial charge in [0.1, 0.15) is 11.6 Å². The molecule has 0 aromatic heterocycles. The Kier molecular flexibility index (Phi) is 8.59. The fraction of sp³-hybridized carbons (Fsp3) is 0.462. The zero-order valence-corrected chi connectivity index (χ0v) is 20.3. The van der Waals surface area contributed by atoms with Gasteiger partial charge in [-0.1, -0.05) is 12.1 Å². The molecule has 9 heteroatoms. The second-order valence-corrected chi connectivity index (χ2v) is 9.30. The first kappa shape index (κ1) is 26.3. The first-order valence-corrected chi connectivity index (χ1v) is 11.6. The molecule has 1 aliphatic heterocycles. The van der Waals surface area contributed by atoms with Gasteiger partial charge in [0.25, 0.3) is 5.91 Å². The van der Waals surface area contributed by atoms with Crippen LogP contribution in [0.25, 0.3) is 10.4 Å². The Labute approximate surface area is 203 Å². The average molecular weight is 485 g/mol. The molecule has 2 unspecified atom stereocenters. The molecule has 0 bridgehead atoms. The summed E-state index contributed by atoms with van der Waals surface area (Å²) in [6, 6.07) is 9.25. The van der Waals surface area contributed by atoms with Crippen LogP contribution >= 0.6 is 0 Å². The molecule has 0 saturated carbocycles. The van der Waals surface area contributed by atoms with E-state index in [9.17, 15) is 14.0 Å². The van der Waals surface area contributed by atoms with E-state index in [1.54, 1.807) is 13.0 Å². The Hall–Kier alpha value is -3.29. The first-order valence-electron chi connectivity index (χ1n) is 11.6. The lowest BCUT2D eigenvalue weighted by Gasteiger charge is -2.26. The van der Waals surface area contributed by atoms with E-state index in [1.807, 2.05) is 6.07 Å². The maximum absolute atomic E-state index is 15.8. The lowest BCUT2D eigenvalue weighted by molar-refractivity contribution is 0.0651. The van der Waals surface area contributed by atoms with Crippen molar-refractivity contribution >= 4 is 11.7 Å². The number of likely N-dealkylation sites (tertiary alicyclic amines) is 1. The van der Waals surface area contributed by atoms with E-state index in [0.717, 1.165) is 37.9 Å². The lowest BCUT2D eigenvalue weighted by Crippen LogP contribution is -2.34. The molecule has 35 heavy (non-hydrogen) atoms. The van der Waals surface area contributed by atoms with Crippen molar-refractivity contribution in [1.29, 1.82) is 0 Å². The van der Waals surface area contributed by atoms with Gasteiger partial charge >= 0.3 is 0 Å². The van der Waals surface area contributed by atoms with Crippen LogP contribution in [0.4, 0.5) is 8.78 Å². The summed E-state index contributed by atoms with van der Waals surface area (Å²) in [5, 5.41) is 3.07. The highest BCUT2D eigenvalue weighted by molar-refractivity contribution is 6.06. The number of carbonyl (C=O) groups excluding carboxylic acids is 2. The number of amides is 1. The number of alkyl halides is 1. The van der Waals surface area contributed by atoms with Crippen molar-refractivity contribution in [2.24, 2.45) is 11.0 Å². The van der Waals surface area contributed by atoms with Crippen LogP contribution in [0.15, 0.2) is 41.5 Å². The molecule has 1 fully saturated rings. The minimum absolute atomic E-state index is 0.00862. The topological polar surface area (TPSA) is 95.4 Å². The van der Waals surface area contributed by atoms with Gasteiger partial charge < -0.3 is 4.74 Å². The molecule has 186 valence electrons. The van der Waals surface area contributed by atoms with Crippen LogP contribution in [0.5, 0.6) is 5.75 Å². The van der Waals surface area contributed by atoms with Gasteiger partial charge in [-0.25, -0.2) is 8.78 Å². The minimum atomic E-state index is -2.14. The molecular weight excluding hydrogens is 454 g/mol. The zero-order valence-electron chi connectivity index (χ0n) is 20.3. The van der Waals surface area contributed by atoms with E-state index in [1.165, 1.54) is 38.3 Å². The minimum Gasteiger partial charge on any atom is -0.496 e. The van der Waals surface area contributed by atoms with Gasteiger partial charge in [0.15, 0.2) is 11.5 Å². The van der Waals surface area contributed by atoms with Crippen molar-refractivity contribution in [3.05, 3.63) is 74.9 Å². The Morgan fingerprint density at radius 1 is 1.23 bits per heavy atom. The summed E-state index contributed by atoms with van der Waals surface area (Å²) >= 11 is 0. The molecule has 2 aromatic rings. The van der Waals surface area contributed by atoms with Gasteiger partial charge in [0.05, 0.1) is 12.7 Å². The Balaban J connectivity index is 1.71. The Bertz CT molecular complexity index is 1150. The third kappa shape index (κ3) is 6.65. The number of carbonyl (C=O) groups is 2.